The van der Waals surface area contributed by atoms with E-state index in [1.165, 1.54) is 6.92 Å². The molecule has 5 nitrogen and oxygen atoms in total. The lowest BCUT2D eigenvalue weighted by Crippen LogP contribution is -2.36. The van der Waals surface area contributed by atoms with Crippen LogP contribution in [0.1, 0.15) is 46.1 Å². The Morgan fingerprint density at radius 3 is 2.36 bits per heavy atom. The fraction of sp³-hybridized carbons (Fsp3) is 0.529. The van der Waals surface area contributed by atoms with E-state index < -0.39 is 11.6 Å². The van der Waals surface area contributed by atoms with Gasteiger partial charge in [0.1, 0.15) is 17.1 Å². The number of methoxy groups -OCH3 is 1. The molecule has 0 saturated carbocycles. The van der Waals surface area contributed by atoms with E-state index in [1.54, 1.807) is 7.11 Å². The van der Waals surface area contributed by atoms with Crippen LogP contribution in [0.4, 0.5) is 0 Å². The van der Waals surface area contributed by atoms with E-state index in [-0.39, 0.29) is 0 Å². The van der Waals surface area contributed by atoms with Crippen molar-refractivity contribution in [1.29, 1.82) is 0 Å². The Hall–Kier alpha value is -1.88. The summed E-state index contributed by atoms with van der Waals surface area (Å²) in [5.41, 5.74) is 0.726. The van der Waals surface area contributed by atoms with Gasteiger partial charge in [0.05, 0.1) is 7.11 Å². The van der Waals surface area contributed by atoms with Crippen molar-refractivity contribution in [2.75, 3.05) is 13.7 Å². The zero-order chi connectivity index (χ0) is 16.6. The van der Waals surface area contributed by atoms with Gasteiger partial charge in [-0.25, -0.2) is 4.79 Å². The van der Waals surface area contributed by atoms with Crippen LogP contribution in [-0.4, -0.2) is 31.0 Å². The average Bonchev–Trinajstić information content (AvgIpc) is 2.47. The van der Waals surface area contributed by atoms with E-state index in [0.29, 0.717) is 12.3 Å². The normalized spacial score (nSPS) is 12.1. The number of carbonyl (C=O) groups is 1. The molecule has 0 amide bonds. The minimum absolute atomic E-state index is 0.463. The molecule has 1 aromatic rings. The molecule has 0 fully saturated rings. The van der Waals surface area contributed by atoms with Crippen molar-refractivity contribution >= 4 is 11.7 Å². The topological polar surface area (TPSA) is 57.1 Å². The lowest BCUT2D eigenvalue weighted by molar-refractivity contribution is -0.141. The van der Waals surface area contributed by atoms with Gasteiger partial charge in [-0.05, 0) is 44.5 Å². The summed E-state index contributed by atoms with van der Waals surface area (Å²) >= 11 is 0. The highest BCUT2D eigenvalue weighted by Crippen LogP contribution is 2.21. The van der Waals surface area contributed by atoms with Crippen LogP contribution in [0.15, 0.2) is 29.4 Å². The summed E-state index contributed by atoms with van der Waals surface area (Å²) in [6.07, 6.45) is 2.02. The molecule has 5 heteroatoms. The van der Waals surface area contributed by atoms with Gasteiger partial charge in [0.25, 0.3) is 0 Å². The monoisotopic (exact) mass is 307 g/mol. The van der Waals surface area contributed by atoms with Gasteiger partial charge in [0, 0.05) is 19.1 Å². The maximum absolute atomic E-state index is 11.1. The second kappa shape index (κ2) is 8.54. The molecule has 0 aliphatic carbocycles. The molecule has 0 atom stereocenters. The molecule has 122 valence electrons. The molecular weight excluding hydrogens is 282 g/mol. The quantitative estimate of drug-likeness (QED) is 0.319. The molecule has 1 rings (SSSR count). The zero-order valence-electron chi connectivity index (χ0n) is 14.0. The van der Waals surface area contributed by atoms with Crippen LogP contribution in [0.2, 0.25) is 0 Å². The molecule has 0 N–H and O–H groups in total. The van der Waals surface area contributed by atoms with Gasteiger partial charge in [0.15, 0.2) is 0 Å². The molecule has 0 unspecified atom stereocenters. The molecule has 1 aromatic carbocycles. The maximum atomic E-state index is 11.1. The summed E-state index contributed by atoms with van der Waals surface area (Å²) in [5.74, 6) is 0.288. The van der Waals surface area contributed by atoms with Crippen LogP contribution in [0.3, 0.4) is 0 Å². The van der Waals surface area contributed by atoms with Crippen LogP contribution < -0.4 is 4.74 Å². The summed E-state index contributed by atoms with van der Waals surface area (Å²) in [7, 11) is 1.61. The van der Waals surface area contributed by atoms with Gasteiger partial charge in [-0.15, -0.1) is 0 Å². The maximum Gasteiger partial charge on any atom is 0.331 e. The highest BCUT2D eigenvalue weighted by atomic mass is 16.7. The molecule has 0 bridgehead atoms. The Kier molecular flexibility index (Phi) is 7.05. The van der Waals surface area contributed by atoms with Gasteiger partial charge < -0.3 is 14.3 Å². The number of nitrogens with zero attached hydrogens (tertiary/aromatic N) is 1. The van der Waals surface area contributed by atoms with Crippen molar-refractivity contribution in [3.05, 3.63) is 29.8 Å². The minimum atomic E-state index is -0.667. The molecule has 22 heavy (non-hydrogen) atoms. The van der Waals surface area contributed by atoms with E-state index in [2.05, 4.69) is 12.1 Å². The fourth-order valence-corrected chi connectivity index (χ4v) is 1.91. The highest BCUT2D eigenvalue weighted by molar-refractivity contribution is 6.06. The van der Waals surface area contributed by atoms with Crippen LogP contribution in [0.5, 0.6) is 5.75 Å². The van der Waals surface area contributed by atoms with Crippen LogP contribution in [0.25, 0.3) is 0 Å². The van der Waals surface area contributed by atoms with E-state index >= 15 is 0 Å². The molecule has 0 aromatic heterocycles. The Labute approximate surface area is 132 Å². The number of benzene rings is 1. The molecule has 0 aliphatic heterocycles. The van der Waals surface area contributed by atoms with Crippen LogP contribution in [-0.2, 0) is 14.4 Å². The Morgan fingerprint density at radius 1 is 1.23 bits per heavy atom. The molecule has 0 heterocycles. The van der Waals surface area contributed by atoms with Gasteiger partial charge in [0.2, 0.25) is 0 Å². The lowest BCUT2D eigenvalue weighted by atomic mass is 9.95. The second-order valence-corrected chi connectivity index (χ2v) is 5.46. The number of hydrogen-bond acceptors (Lipinski definition) is 5. The number of ether oxygens (including phenoxy) is 2. The smallest absolute Gasteiger partial charge is 0.331 e. The Bertz CT molecular complexity index is 506. The molecule has 0 radical (unpaired) electrons. The number of carbonyl (C=O) groups excluding carboxylic acids is 1. The van der Waals surface area contributed by atoms with Crippen molar-refractivity contribution in [1.82, 2.24) is 0 Å². The average molecular weight is 307 g/mol. The van der Waals surface area contributed by atoms with Crippen molar-refractivity contribution in [2.45, 2.75) is 46.1 Å². The van der Waals surface area contributed by atoms with Crippen molar-refractivity contribution in [3.63, 3.8) is 0 Å². The highest BCUT2D eigenvalue weighted by Gasteiger charge is 2.28. The molecule has 0 aliphatic rings. The van der Waals surface area contributed by atoms with Gasteiger partial charge >= 0.3 is 5.97 Å². The number of unbranched alkanes of at least 4 members (excludes halogenated alkanes) is 1. The summed E-state index contributed by atoms with van der Waals surface area (Å²) in [4.78, 5) is 15.9. The van der Waals surface area contributed by atoms with Gasteiger partial charge in [-0.1, -0.05) is 18.5 Å². The summed E-state index contributed by atoms with van der Waals surface area (Å²) in [6, 6.07) is 7.40. The van der Waals surface area contributed by atoms with Crippen molar-refractivity contribution in [2.24, 2.45) is 5.16 Å². The Balaban J connectivity index is 3.05. The molecular formula is C17H25NO4. The standard InChI is InChI=1S/C17H25NO4/c1-6-7-12-21-17(3,4)16(18-22-13(2)19)14-8-10-15(20-5)11-9-14/h8-11H,6-7,12H2,1-5H3. The first kappa shape index (κ1) is 18.2. The first-order valence-electron chi connectivity index (χ1n) is 7.45. The third-order valence-electron chi connectivity index (χ3n) is 3.16. The van der Waals surface area contributed by atoms with E-state index in [1.807, 2.05) is 38.1 Å². The summed E-state index contributed by atoms with van der Waals surface area (Å²) < 4.78 is 11.1. The summed E-state index contributed by atoms with van der Waals surface area (Å²) in [5, 5.41) is 4.00. The van der Waals surface area contributed by atoms with Gasteiger partial charge in [-0.3, -0.25) is 0 Å². The number of rotatable bonds is 8. The predicted molar refractivity (Wildman–Crippen MR) is 86.2 cm³/mol. The van der Waals surface area contributed by atoms with Crippen molar-refractivity contribution < 1.29 is 19.1 Å². The minimum Gasteiger partial charge on any atom is -0.497 e. The van der Waals surface area contributed by atoms with E-state index in [4.69, 9.17) is 14.3 Å². The summed E-state index contributed by atoms with van der Waals surface area (Å²) in [6.45, 7) is 7.87. The fourth-order valence-electron chi connectivity index (χ4n) is 1.91. The first-order valence-corrected chi connectivity index (χ1v) is 7.45. The predicted octanol–water partition coefficient (Wildman–Crippen LogP) is 3.56. The van der Waals surface area contributed by atoms with E-state index in [9.17, 15) is 4.79 Å². The molecule has 0 saturated heterocycles. The van der Waals surface area contributed by atoms with Crippen molar-refractivity contribution in [3.8, 4) is 5.75 Å². The van der Waals surface area contributed by atoms with Crippen LogP contribution in [0, 0.1) is 0 Å². The van der Waals surface area contributed by atoms with E-state index in [0.717, 1.165) is 24.2 Å². The third kappa shape index (κ3) is 5.48. The van der Waals surface area contributed by atoms with Crippen LogP contribution >= 0.6 is 0 Å². The second-order valence-electron chi connectivity index (χ2n) is 5.46. The lowest BCUT2D eigenvalue weighted by Gasteiger charge is -2.27. The third-order valence-corrected chi connectivity index (χ3v) is 3.16. The number of hydrogen-bond donors (Lipinski definition) is 0. The number of oxime groups is 1. The van der Waals surface area contributed by atoms with Gasteiger partial charge in [-0.2, -0.15) is 0 Å². The SMILES string of the molecule is CCCCOC(C)(C)C(=NOC(C)=O)c1ccc(OC)cc1. The largest absolute Gasteiger partial charge is 0.497 e. The molecule has 0 spiro atoms. The zero-order valence-corrected chi connectivity index (χ0v) is 14.0. The first-order chi connectivity index (χ1) is 10.4. The Morgan fingerprint density at radius 2 is 1.86 bits per heavy atom.